The highest BCUT2D eigenvalue weighted by Gasteiger charge is 2.30. The van der Waals surface area contributed by atoms with Crippen molar-refractivity contribution in [1.29, 1.82) is 0 Å². The summed E-state index contributed by atoms with van der Waals surface area (Å²) in [4.78, 5) is 2.22. The molecule has 19 heavy (non-hydrogen) atoms. The van der Waals surface area contributed by atoms with Crippen molar-refractivity contribution in [3.8, 4) is 0 Å². The molecular formula is C14H19F3N2. The highest BCUT2D eigenvalue weighted by molar-refractivity contribution is 5.14. The summed E-state index contributed by atoms with van der Waals surface area (Å²) in [6.45, 7) is 1.61. The molecule has 0 bridgehead atoms. The zero-order chi connectivity index (χ0) is 13.7. The molecule has 0 saturated carbocycles. The number of hydrogen-bond acceptors (Lipinski definition) is 2. The monoisotopic (exact) mass is 272 g/mol. The van der Waals surface area contributed by atoms with Crippen molar-refractivity contribution >= 4 is 0 Å². The van der Waals surface area contributed by atoms with E-state index in [1.165, 1.54) is 5.56 Å². The number of nitrogens with zero attached hydrogens (tertiary/aromatic N) is 1. The van der Waals surface area contributed by atoms with Crippen molar-refractivity contribution in [2.24, 2.45) is 0 Å². The minimum absolute atomic E-state index is 0.0302. The first-order chi connectivity index (χ1) is 9.03. The Morgan fingerprint density at radius 3 is 2.63 bits per heavy atom. The maximum absolute atomic E-state index is 12.1. The van der Waals surface area contributed by atoms with Crippen LogP contribution in [0.1, 0.15) is 12.0 Å². The molecule has 1 fully saturated rings. The molecule has 0 spiro atoms. The molecular weight excluding hydrogens is 253 g/mol. The van der Waals surface area contributed by atoms with E-state index in [1.54, 1.807) is 0 Å². The highest BCUT2D eigenvalue weighted by Crippen LogP contribution is 2.15. The Labute approximate surface area is 111 Å². The van der Waals surface area contributed by atoms with Crippen LogP contribution in [0.3, 0.4) is 0 Å². The van der Waals surface area contributed by atoms with Gasteiger partial charge in [-0.2, -0.15) is 13.2 Å². The molecule has 2 rings (SSSR count). The van der Waals surface area contributed by atoms with Crippen LogP contribution in [-0.4, -0.2) is 43.3 Å². The van der Waals surface area contributed by atoms with Gasteiger partial charge in [-0.25, -0.2) is 0 Å². The van der Waals surface area contributed by atoms with Gasteiger partial charge in [0.15, 0.2) is 0 Å². The number of likely N-dealkylation sites (tertiary alicyclic amines) is 1. The van der Waals surface area contributed by atoms with Crippen LogP contribution in [-0.2, 0) is 6.42 Å². The standard InChI is InChI=1S/C14H19F3N2/c15-14(16,17)11-18-13-7-9-19(10-13)8-6-12-4-2-1-3-5-12/h1-5,13,18H,6-11H2. The molecule has 1 heterocycles. The lowest BCUT2D eigenvalue weighted by Crippen LogP contribution is -2.39. The maximum atomic E-state index is 12.1. The van der Waals surface area contributed by atoms with Gasteiger partial charge in [-0.1, -0.05) is 30.3 Å². The van der Waals surface area contributed by atoms with Gasteiger partial charge in [-0.05, 0) is 24.9 Å². The third kappa shape index (κ3) is 5.20. The summed E-state index contributed by atoms with van der Waals surface area (Å²) in [5.74, 6) is 0. The van der Waals surface area contributed by atoms with Crippen LogP contribution in [0.2, 0.25) is 0 Å². The van der Waals surface area contributed by atoms with Gasteiger partial charge in [0, 0.05) is 19.1 Å². The van der Waals surface area contributed by atoms with Gasteiger partial charge < -0.3 is 10.2 Å². The third-order valence-electron chi connectivity index (χ3n) is 3.42. The summed E-state index contributed by atoms with van der Waals surface area (Å²) < 4.78 is 36.3. The predicted molar refractivity (Wildman–Crippen MR) is 69.0 cm³/mol. The van der Waals surface area contributed by atoms with Gasteiger partial charge >= 0.3 is 6.18 Å². The summed E-state index contributed by atoms with van der Waals surface area (Å²) in [6.07, 6.45) is -2.37. The summed E-state index contributed by atoms with van der Waals surface area (Å²) in [5, 5.41) is 2.58. The molecule has 1 N–H and O–H groups in total. The van der Waals surface area contributed by atoms with Crippen LogP contribution < -0.4 is 5.32 Å². The van der Waals surface area contributed by atoms with E-state index in [2.05, 4.69) is 22.3 Å². The van der Waals surface area contributed by atoms with E-state index in [-0.39, 0.29) is 6.04 Å². The van der Waals surface area contributed by atoms with E-state index in [0.29, 0.717) is 6.54 Å². The molecule has 1 aromatic carbocycles. The van der Waals surface area contributed by atoms with Crippen LogP contribution in [0.4, 0.5) is 13.2 Å². The Kier molecular flexibility index (Phi) is 4.82. The molecule has 1 aliphatic rings. The van der Waals surface area contributed by atoms with Crippen LogP contribution in [0.15, 0.2) is 30.3 Å². The second kappa shape index (κ2) is 6.39. The number of nitrogens with one attached hydrogen (secondary N) is 1. The molecule has 0 radical (unpaired) electrons. The van der Waals surface area contributed by atoms with Crippen LogP contribution >= 0.6 is 0 Å². The Morgan fingerprint density at radius 1 is 1.21 bits per heavy atom. The zero-order valence-electron chi connectivity index (χ0n) is 10.8. The van der Waals surface area contributed by atoms with Crippen molar-refractivity contribution < 1.29 is 13.2 Å². The van der Waals surface area contributed by atoms with E-state index in [1.807, 2.05) is 18.2 Å². The average molecular weight is 272 g/mol. The fourth-order valence-electron chi connectivity index (χ4n) is 2.39. The third-order valence-corrected chi connectivity index (χ3v) is 3.42. The predicted octanol–water partition coefficient (Wildman–Crippen LogP) is 2.46. The van der Waals surface area contributed by atoms with Crippen molar-refractivity contribution in [2.45, 2.75) is 25.1 Å². The van der Waals surface area contributed by atoms with Gasteiger partial charge in [0.2, 0.25) is 0 Å². The molecule has 1 unspecified atom stereocenters. The number of benzene rings is 1. The van der Waals surface area contributed by atoms with Crippen molar-refractivity contribution in [1.82, 2.24) is 10.2 Å². The molecule has 1 atom stereocenters. The van der Waals surface area contributed by atoms with Gasteiger partial charge in [0.05, 0.1) is 6.54 Å². The SMILES string of the molecule is FC(F)(F)CNC1CCN(CCc2ccccc2)C1. The molecule has 1 aliphatic heterocycles. The van der Waals surface area contributed by atoms with Crippen molar-refractivity contribution in [3.63, 3.8) is 0 Å². The fraction of sp³-hybridized carbons (Fsp3) is 0.571. The summed E-state index contributed by atoms with van der Waals surface area (Å²) in [6, 6.07) is 10.1. The minimum Gasteiger partial charge on any atom is -0.305 e. The molecule has 106 valence electrons. The van der Waals surface area contributed by atoms with Gasteiger partial charge in [0.25, 0.3) is 0 Å². The fourth-order valence-corrected chi connectivity index (χ4v) is 2.39. The van der Waals surface area contributed by atoms with E-state index in [0.717, 1.165) is 25.9 Å². The quantitative estimate of drug-likeness (QED) is 0.885. The first-order valence-electron chi connectivity index (χ1n) is 6.59. The smallest absolute Gasteiger partial charge is 0.305 e. The Bertz CT molecular complexity index is 378. The Morgan fingerprint density at radius 2 is 1.95 bits per heavy atom. The van der Waals surface area contributed by atoms with Gasteiger partial charge in [-0.15, -0.1) is 0 Å². The van der Waals surface area contributed by atoms with E-state index < -0.39 is 12.7 Å². The van der Waals surface area contributed by atoms with Crippen molar-refractivity contribution in [3.05, 3.63) is 35.9 Å². The van der Waals surface area contributed by atoms with Crippen LogP contribution in [0, 0.1) is 0 Å². The maximum Gasteiger partial charge on any atom is 0.401 e. The lowest BCUT2D eigenvalue weighted by Gasteiger charge is -2.17. The molecule has 0 aromatic heterocycles. The summed E-state index contributed by atoms with van der Waals surface area (Å²) in [5.41, 5.74) is 1.27. The second-order valence-electron chi connectivity index (χ2n) is 5.02. The van der Waals surface area contributed by atoms with Gasteiger partial charge in [0.1, 0.15) is 0 Å². The van der Waals surface area contributed by atoms with Gasteiger partial charge in [-0.3, -0.25) is 0 Å². The summed E-state index contributed by atoms with van der Waals surface area (Å²) >= 11 is 0. The van der Waals surface area contributed by atoms with Crippen LogP contribution in [0.5, 0.6) is 0 Å². The number of hydrogen-bond donors (Lipinski definition) is 1. The Balaban J connectivity index is 1.68. The lowest BCUT2D eigenvalue weighted by molar-refractivity contribution is -0.126. The summed E-state index contributed by atoms with van der Waals surface area (Å²) in [7, 11) is 0. The first-order valence-corrected chi connectivity index (χ1v) is 6.59. The van der Waals surface area contributed by atoms with E-state index in [9.17, 15) is 13.2 Å². The second-order valence-corrected chi connectivity index (χ2v) is 5.02. The number of alkyl halides is 3. The van der Waals surface area contributed by atoms with Crippen molar-refractivity contribution in [2.75, 3.05) is 26.2 Å². The van der Waals surface area contributed by atoms with E-state index >= 15 is 0 Å². The minimum atomic E-state index is -4.11. The zero-order valence-corrected chi connectivity index (χ0v) is 10.8. The molecule has 1 saturated heterocycles. The normalized spacial score (nSPS) is 20.9. The topological polar surface area (TPSA) is 15.3 Å². The number of halogens is 3. The van der Waals surface area contributed by atoms with Crippen LogP contribution in [0.25, 0.3) is 0 Å². The lowest BCUT2D eigenvalue weighted by atomic mass is 10.1. The molecule has 1 aromatic rings. The first kappa shape index (κ1) is 14.3. The highest BCUT2D eigenvalue weighted by atomic mass is 19.4. The average Bonchev–Trinajstić information content (AvgIpc) is 2.82. The molecule has 0 amide bonds. The molecule has 2 nitrogen and oxygen atoms in total. The number of rotatable bonds is 5. The molecule has 0 aliphatic carbocycles. The largest absolute Gasteiger partial charge is 0.401 e. The Hall–Kier alpha value is -1.07. The van der Waals surface area contributed by atoms with E-state index in [4.69, 9.17) is 0 Å². The molecule has 5 heteroatoms.